The van der Waals surface area contributed by atoms with Gasteiger partial charge in [-0.05, 0) is 19.3 Å². The van der Waals surface area contributed by atoms with Gasteiger partial charge >= 0.3 is 0 Å². The van der Waals surface area contributed by atoms with Crippen LogP contribution >= 0.6 is 0 Å². The number of carbonyl (C=O) groups excluding carboxylic acids is 1. The Morgan fingerprint density at radius 1 is 1.18 bits per heavy atom. The van der Waals surface area contributed by atoms with Gasteiger partial charge in [-0.2, -0.15) is 0 Å². The summed E-state index contributed by atoms with van der Waals surface area (Å²) in [5.41, 5.74) is 0. The SMILES string of the molecule is COCCOCCCNC(=O)C1CCCCC1. The second kappa shape index (κ2) is 9.42. The first-order chi connectivity index (χ1) is 8.34. The van der Waals surface area contributed by atoms with Gasteiger partial charge in [0.1, 0.15) is 0 Å². The number of nitrogens with one attached hydrogen (secondary N) is 1. The molecule has 0 radical (unpaired) electrons. The Labute approximate surface area is 104 Å². The van der Waals surface area contributed by atoms with Gasteiger partial charge in [0.25, 0.3) is 0 Å². The third kappa shape index (κ3) is 6.64. The molecule has 4 nitrogen and oxygen atoms in total. The molecule has 0 heterocycles. The Morgan fingerprint density at radius 2 is 1.94 bits per heavy atom. The average molecular weight is 243 g/mol. The zero-order valence-corrected chi connectivity index (χ0v) is 10.9. The van der Waals surface area contributed by atoms with Crippen LogP contribution in [0, 0.1) is 5.92 Å². The van der Waals surface area contributed by atoms with E-state index in [1.807, 2.05) is 0 Å². The summed E-state index contributed by atoms with van der Waals surface area (Å²) in [6.07, 6.45) is 6.71. The molecule has 0 unspecified atom stereocenters. The van der Waals surface area contributed by atoms with E-state index in [0.29, 0.717) is 19.8 Å². The fourth-order valence-corrected chi connectivity index (χ4v) is 2.14. The normalized spacial score (nSPS) is 17.0. The van der Waals surface area contributed by atoms with E-state index in [2.05, 4.69) is 5.32 Å². The van der Waals surface area contributed by atoms with Crippen LogP contribution in [0.25, 0.3) is 0 Å². The molecule has 1 amide bonds. The van der Waals surface area contributed by atoms with Gasteiger partial charge in [0.2, 0.25) is 5.91 Å². The molecule has 1 aliphatic carbocycles. The molecule has 1 aliphatic rings. The lowest BCUT2D eigenvalue weighted by Gasteiger charge is -2.20. The molecule has 0 spiro atoms. The van der Waals surface area contributed by atoms with E-state index >= 15 is 0 Å². The maximum absolute atomic E-state index is 11.8. The summed E-state index contributed by atoms with van der Waals surface area (Å²) in [7, 11) is 1.66. The van der Waals surface area contributed by atoms with Gasteiger partial charge in [0.15, 0.2) is 0 Å². The van der Waals surface area contributed by atoms with Gasteiger partial charge in [0, 0.05) is 26.2 Å². The van der Waals surface area contributed by atoms with Crippen LogP contribution in [-0.2, 0) is 14.3 Å². The lowest BCUT2D eigenvalue weighted by molar-refractivity contribution is -0.125. The van der Waals surface area contributed by atoms with E-state index in [9.17, 15) is 4.79 Å². The van der Waals surface area contributed by atoms with Gasteiger partial charge < -0.3 is 14.8 Å². The van der Waals surface area contributed by atoms with Crippen molar-refractivity contribution < 1.29 is 14.3 Å². The Bertz CT molecular complexity index is 203. The molecule has 0 aromatic heterocycles. The molecule has 1 rings (SSSR count). The molecule has 0 aromatic rings. The first kappa shape index (κ1) is 14.5. The minimum Gasteiger partial charge on any atom is -0.382 e. The number of carbonyl (C=O) groups is 1. The fraction of sp³-hybridized carbons (Fsp3) is 0.923. The molecule has 4 heteroatoms. The van der Waals surface area contributed by atoms with Gasteiger partial charge in [-0.25, -0.2) is 0 Å². The van der Waals surface area contributed by atoms with E-state index in [1.54, 1.807) is 7.11 Å². The first-order valence-electron chi connectivity index (χ1n) is 6.69. The Morgan fingerprint density at radius 3 is 2.65 bits per heavy atom. The summed E-state index contributed by atoms with van der Waals surface area (Å²) in [5.74, 6) is 0.500. The molecule has 0 aromatic carbocycles. The standard InChI is InChI=1S/C13H25NO3/c1-16-10-11-17-9-5-8-14-13(15)12-6-3-2-4-7-12/h12H,2-11H2,1H3,(H,14,15). The molecule has 1 saturated carbocycles. The van der Waals surface area contributed by atoms with E-state index in [-0.39, 0.29) is 11.8 Å². The van der Waals surface area contributed by atoms with E-state index in [0.717, 1.165) is 25.8 Å². The lowest BCUT2D eigenvalue weighted by atomic mass is 9.89. The predicted octanol–water partition coefficient (Wildman–Crippen LogP) is 1.74. The molecule has 1 fully saturated rings. The number of methoxy groups -OCH3 is 1. The molecule has 0 saturated heterocycles. The van der Waals surface area contributed by atoms with Gasteiger partial charge in [-0.3, -0.25) is 4.79 Å². The van der Waals surface area contributed by atoms with Gasteiger partial charge in [-0.15, -0.1) is 0 Å². The van der Waals surface area contributed by atoms with Crippen molar-refractivity contribution in [2.75, 3.05) is 33.5 Å². The summed E-state index contributed by atoms with van der Waals surface area (Å²) in [5, 5.41) is 2.99. The minimum absolute atomic E-state index is 0.238. The zero-order chi connectivity index (χ0) is 12.3. The molecule has 100 valence electrons. The van der Waals surface area contributed by atoms with Crippen molar-refractivity contribution >= 4 is 5.91 Å². The highest BCUT2D eigenvalue weighted by molar-refractivity contribution is 5.78. The maximum atomic E-state index is 11.8. The second-order valence-corrected chi connectivity index (χ2v) is 4.58. The lowest BCUT2D eigenvalue weighted by Crippen LogP contribution is -2.33. The molecular formula is C13H25NO3. The van der Waals surface area contributed by atoms with Crippen molar-refractivity contribution in [1.29, 1.82) is 0 Å². The van der Waals surface area contributed by atoms with E-state index < -0.39 is 0 Å². The van der Waals surface area contributed by atoms with Crippen molar-refractivity contribution in [3.05, 3.63) is 0 Å². The van der Waals surface area contributed by atoms with Gasteiger partial charge in [-0.1, -0.05) is 19.3 Å². The van der Waals surface area contributed by atoms with E-state index in [1.165, 1.54) is 19.3 Å². The van der Waals surface area contributed by atoms with Crippen LogP contribution in [0.3, 0.4) is 0 Å². The largest absolute Gasteiger partial charge is 0.382 e. The zero-order valence-electron chi connectivity index (χ0n) is 10.9. The third-order valence-electron chi connectivity index (χ3n) is 3.17. The summed E-state index contributed by atoms with van der Waals surface area (Å²) in [6.45, 7) is 2.68. The topological polar surface area (TPSA) is 47.6 Å². The van der Waals surface area contributed by atoms with Crippen LogP contribution in [-0.4, -0.2) is 39.4 Å². The number of ether oxygens (including phenoxy) is 2. The van der Waals surface area contributed by atoms with Crippen molar-refractivity contribution in [3.8, 4) is 0 Å². The van der Waals surface area contributed by atoms with Crippen molar-refractivity contribution in [3.63, 3.8) is 0 Å². The molecule has 17 heavy (non-hydrogen) atoms. The van der Waals surface area contributed by atoms with Crippen LogP contribution in [0.1, 0.15) is 38.5 Å². The highest BCUT2D eigenvalue weighted by Gasteiger charge is 2.20. The highest BCUT2D eigenvalue weighted by Crippen LogP contribution is 2.23. The summed E-state index contributed by atoms with van der Waals surface area (Å²) in [6, 6.07) is 0. The Kier molecular flexibility index (Phi) is 8.01. The Balaban J connectivity index is 1.92. The van der Waals surface area contributed by atoms with Crippen LogP contribution in [0.5, 0.6) is 0 Å². The second-order valence-electron chi connectivity index (χ2n) is 4.58. The third-order valence-corrected chi connectivity index (χ3v) is 3.17. The smallest absolute Gasteiger partial charge is 0.223 e. The quantitative estimate of drug-likeness (QED) is 0.661. The predicted molar refractivity (Wildman–Crippen MR) is 66.9 cm³/mol. The summed E-state index contributed by atoms with van der Waals surface area (Å²) in [4.78, 5) is 11.8. The number of amides is 1. The number of rotatable bonds is 8. The molecule has 1 N–H and O–H groups in total. The minimum atomic E-state index is 0.238. The van der Waals surface area contributed by atoms with Gasteiger partial charge in [0.05, 0.1) is 13.2 Å². The van der Waals surface area contributed by atoms with Crippen LogP contribution in [0.2, 0.25) is 0 Å². The van der Waals surface area contributed by atoms with Crippen molar-refractivity contribution in [1.82, 2.24) is 5.32 Å². The van der Waals surface area contributed by atoms with Crippen molar-refractivity contribution in [2.45, 2.75) is 38.5 Å². The highest BCUT2D eigenvalue weighted by atomic mass is 16.5. The van der Waals surface area contributed by atoms with E-state index in [4.69, 9.17) is 9.47 Å². The van der Waals surface area contributed by atoms with Crippen molar-refractivity contribution in [2.24, 2.45) is 5.92 Å². The Hall–Kier alpha value is -0.610. The van der Waals surface area contributed by atoms with Crippen LogP contribution in [0.15, 0.2) is 0 Å². The fourth-order valence-electron chi connectivity index (χ4n) is 2.14. The monoisotopic (exact) mass is 243 g/mol. The van der Waals surface area contributed by atoms with Crippen LogP contribution in [0.4, 0.5) is 0 Å². The molecule has 0 aliphatic heterocycles. The summed E-state index contributed by atoms with van der Waals surface area (Å²) >= 11 is 0. The summed E-state index contributed by atoms with van der Waals surface area (Å²) < 4.78 is 10.2. The number of hydrogen-bond acceptors (Lipinski definition) is 3. The molecule has 0 bridgehead atoms. The average Bonchev–Trinajstić information content (AvgIpc) is 2.38. The molecule has 0 atom stereocenters. The number of hydrogen-bond donors (Lipinski definition) is 1. The first-order valence-corrected chi connectivity index (χ1v) is 6.69. The molecular weight excluding hydrogens is 218 g/mol. The maximum Gasteiger partial charge on any atom is 0.223 e. The van der Waals surface area contributed by atoms with Crippen LogP contribution < -0.4 is 5.32 Å².